The van der Waals surface area contributed by atoms with E-state index in [1.807, 2.05) is 91.9 Å². The molecule has 4 rings (SSSR count). The van der Waals surface area contributed by atoms with Gasteiger partial charge in [-0.2, -0.15) is 0 Å². The summed E-state index contributed by atoms with van der Waals surface area (Å²) in [5.74, 6) is -0.425. The molecule has 0 fully saturated rings. The molecular weight excluding hydrogens is 426 g/mol. The maximum absolute atomic E-state index is 12.8. The van der Waals surface area contributed by atoms with Gasteiger partial charge in [0.05, 0.1) is 5.41 Å². The molecule has 4 aromatic rings. The lowest BCUT2D eigenvalue weighted by atomic mass is 9.95. The summed E-state index contributed by atoms with van der Waals surface area (Å²) in [5.41, 5.74) is 3.47. The maximum Gasteiger partial charge on any atom is 0.312 e. The topological polar surface area (TPSA) is 75.6 Å². The summed E-state index contributed by atoms with van der Waals surface area (Å²) >= 11 is 0. The largest absolute Gasteiger partial charge is 0.492 e. The molecule has 0 aromatic heterocycles. The lowest BCUT2D eigenvalue weighted by Crippen LogP contribution is -2.30. The van der Waals surface area contributed by atoms with Crippen molar-refractivity contribution in [2.75, 3.05) is 11.9 Å². The fraction of sp³-hybridized carbons (Fsp3) is 0.172. The number of carboxylic acid groups (broad SMARTS) is 1. The number of nitrogens with one attached hydrogen (secondary N) is 1. The molecule has 5 heteroatoms. The van der Waals surface area contributed by atoms with Crippen LogP contribution in [0, 0.1) is 12.3 Å². The first-order valence-electron chi connectivity index (χ1n) is 11.1. The highest BCUT2D eigenvalue weighted by atomic mass is 16.5. The van der Waals surface area contributed by atoms with E-state index in [0.717, 1.165) is 33.2 Å². The summed E-state index contributed by atoms with van der Waals surface area (Å²) in [6.45, 7) is 5.36. The van der Waals surface area contributed by atoms with Crippen molar-refractivity contribution in [2.24, 2.45) is 5.41 Å². The monoisotopic (exact) mass is 453 g/mol. The highest BCUT2D eigenvalue weighted by molar-refractivity contribution is 6.06. The smallest absolute Gasteiger partial charge is 0.312 e. The first-order chi connectivity index (χ1) is 16.2. The van der Waals surface area contributed by atoms with E-state index in [1.165, 1.54) is 0 Å². The molecule has 1 amide bonds. The molecule has 0 aliphatic heterocycles. The zero-order valence-corrected chi connectivity index (χ0v) is 19.5. The standard InChI is InChI=1S/C29H27NO4/c1-19-16-24(30-27(31)23-9-8-20-6-4-5-7-22(20)17-23)12-15-26(19)21-10-13-25(14-11-21)34-18-29(2,3)28(32)33/h4-17H,18H2,1-3H3,(H,30,31)(H,32,33). The lowest BCUT2D eigenvalue weighted by molar-refractivity contribution is -0.148. The number of carbonyl (C=O) groups excluding carboxylic acids is 1. The van der Waals surface area contributed by atoms with Crippen LogP contribution in [-0.4, -0.2) is 23.6 Å². The predicted octanol–water partition coefficient (Wildman–Crippen LogP) is 6.56. The minimum absolute atomic E-state index is 0.0896. The molecule has 0 spiro atoms. The van der Waals surface area contributed by atoms with Crippen molar-refractivity contribution in [3.63, 3.8) is 0 Å². The highest BCUT2D eigenvalue weighted by Gasteiger charge is 2.28. The van der Waals surface area contributed by atoms with Gasteiger partial charge in [-0.3, -0.25) is 9.59 Å². The van der Waals surface area contributed by atoms with Crippen LogP contribution in [0.1, 0.15) is 29.8 Å². The number of benzene rings is 4. The van der Waals surface area contributed by atoms with Gasteiger partial charge in [-0.25, -0.2) is 0 Å². The van der Waals surface area contributed by atoms with Gasteiger partial charge in [0.15, 0.2) is 0 Å². The zero-order valence-electron chi connectivity index (χ0n) is 19.5. The number of carbonyl (C=O) groups is 2. The molecule has 0 aliphatic carbocycles. The minimum atomic E-state index is -0.956. The first kappa shape index (κ1) is 23.1. The van der Waals surface area contributed by atoms with Crippen LogP contribution in [-0.2, 0) is 4.79 Å². The second-order valence-corrected chi connectivity index (χ2v) is 9.05. The van der Waals surface area contributed by atoms with Crippen LogP contribution in [0.25, 0.3) is 21.9 Å². The quantitative estimate of drug-likeness (QED) is 0.332. The van der Waals surface area contributed by atoms with Gasteiger partial charge in [-0.1, -0.05) is 48.5 Å². The molecule has 0 atom stereocenters. The number of aryl methyl sites for hydroxylation is 1. The van der Waals surface area contributed by atoms with Crippen molar-refractivity contribution in [1.29, 1.82) is 0 Å². The van der Waals surface area contributed by atoms with Crippen LogP contribution in [0.2, 0.25) is 0 Å². The zero-order chi connectivity index (χ0) is 24.3. The number of hydrogen-bond donors (Lipinski definition) is 2. The number of carboxylic acids is 1. The van der Waals surface area contributed by atoms with Gasteiger partial charge >= 0.3 is 5.97 Å². The molecular formula is C29H27NO4. The van der Waals surface area contributed by atoms with Crippen LogP contribution in [0.3, 0.4) is 0 Å². The summed E-state index contributed by atoms with van der Waals surface area (Å²) < 4.78 is 5.66. The molecule has 4 aromatic carbocycles. The Bertz CT molecular complexity index is 1360. The molecule has 0 heterocycles. The lowest BCUT2D eigenvalue weighted by Gasteiger charge is -2.19. The molecule has 0 unspecified atom stereocenters. The Kier molecular flexibility index (Phi) is 6.37. The second kappa shape index (κ2) is 9.40. The van der Waals surface area contributed by atoms with E-state index >= 15 is 0 Å². The third-order valence-corrected chi connectivity index (χ3v) is 5.84. The van der Waals surface area contributed by atoms with E-state index in [-0.39, 0.29) is 12.5 Å². The van der Waals surface area contributed by atoms with Gasteiger partial charge in [0, 0.05) is 11.3 Å². The Morgan fingerprint density at radius 1 is 0.882 bits per heavy atom. The molecule has 0 radical (unpaired) electrons. The van der Waals surface area contributed by atoms with Gasteiger partial charge in [0.2, 0.25) is 0 Å². The summed E-state index contributed by atoms with van der Waals surface area (Å²) in [6.07, 6.45) is 0. The number of fused-ring (bicyclic) bond motifs is 1. The van der Waals surface area contributed by atoms with Gasteiger partial charge in [0.1, 0.15) is 12.4 Å². The van der Waals surface area contributed by atoms with E-state index in [1.54, 1.807) is 13.8 Å². The Hall–Kier alpha value is -4.12. The van der Waals surface area contributed by atoms with Crippen molar-refractivity contribution in [3.8, 4) is 16.9 Å². The second-order valence-electron chi connectivity index (χ2n) is 9.05. The summed E-state index contributed by atoms with van der Waals surface area (Å²) in [7, 11) is 0. The molecule has 0 bridgehead atoms. The molecule has 2 N–H and O–H groups in total. The normalized spacial score (nSPS) is 11.3. The first-order valence-corrected chi connectivity index (χ1v) is 11.1. The predicted molar refractivity (Wildman–Crippen MR) is 135 cm³/mol. The fourth-order valence-corrected chi connectivity index (χ4v) is 3.66. The Morgan fingerprint density at radius 3 is 2.26 bits per heavy atom. The molecule has 172 valence electrons. The number of hydrogen-bond acceptors (Lipinski definition) is 3. The van der Waals surface area contributed by atoms with Crippen LogP contribution >= 0.6 is 0 Å². The third kappa shape index (κ3) is 5.09. The molecule has 5 nitrogen and oxygen atoms in total. The molecule has 34 heavy (non-hydrogen) atoms. The number of rotatable bonds is 7. The molecule has 0 saturated carbocycles. The number of aliphatic carboxylic acids is 1. The maximum atomic E-state index is 12.8. The van der Waals surface area contributed by atoms with Crippen molar-refractivity contribution in [1.82, 2.24) is 0 Å². The minimum Gasteiger partial charge on any atom is -0.492 e. The highest BCUT2D eigenvalue weighted by Crippen LogP contribution is 2.29. The van der Waals surface area contributed by atoms with Gasteiger partial charge in [-0.05, 0) is 84.6 Å². The fourth-order valence-electron chi connectivity index (χ4n) is 3.66. The van der Waals surface area contributed by atoms with Crippen LogP contribution in [0.15, 0.2) is 84.9 Å². The van der Waals surface area contributed by atoms with Gasteiger partial charge in [0.25, 0.3) is 5.91 Å². The Labute approximate surface area is 199 Å². The van der Waals surface area contributed by atoms with Crippen molar-refractivity contribution in [2.45, 2.75) is 20.8 Å². The van der Waals surface area contributed by atoms with E-state index in [2.05, 4.69) is 5.32 Å². The van der Waals surface area contributed by atoms with Gasteiger partial charge < -0.3 is 15.2 Å². The summed E-state index contributed by atoms with van der Waals surface area (Å²) in [4.78, 5) is 24.0. The molecule has 0 saturated heterocycles. The van der Waals surface area contributed by atoms with Crippen molar-refractivity contribution >= 4 is 28.3 Å². The molecule has 0 aliphatic rings. The Morgan fingerprint density at radius 2 is 1.59 bits per heavy atom. The Balaban J connectivity index is 1.45. The average molecular weight is 454 g/mol. The number of anilines is 1. The van der Waals surface area contributed by atoms with E-state index in [4.69, 9.17) is 4.74 Å². The SMILES string of the molecule is Cc1cc(NC(=O)c2ccc3ccccc3c2)ccc1-c1ccc(OCC(C)(C)C(=O)O)cc1. The average Bonchev–Trinajstić information content (AvgIpc) is 2.83. The summed E-state index contributed by atoms with van der Waals surface area (Å²) in [6, 6.07) is 27.0. The summed E-state index contributed by atoms with van der Waals surface area (Å²) in [5, 5.41) is 14.3. The van der Waals surface area contributed by atoms with E-state index in [0.29, 0.717) is 11.3 Å². The van der Waals surface area contributed by atoms with Crippen LogP contribution < -0.4 is 10.1 Å². The van der Waals surface area contributed by atoms with Crippen LogP contribution in [0.4, 0.5) is 5.69 Å². The van der Waals surface area contributed by atoms with Crippen molar-refractivity contribution in [3.05, 3.63) is 96.1 Å². The number of amides is 1. The third-order valence-electron chi connectivity index (χ3n) is 5.84. The van der Waals surface area contributed by atoms with Crippen LogP contribution in [0.5, 0.6) is 5.75 Å². The number of ether oxygens (including phenoxy) is 1. The van der Waals surface area contributed by atoms with E-state index in [9.17, 15) is 14.7 Å². The van der Waals surface area contributed by atoms with E-state index < -0.39 is 11.4 Å². The van der Waals surface area contributed by atoms with Gasteiger partial charge in [-0.15, -0.1) is 0 Å². The van der Waals surface area contributed by atoms with Crippen molar-refractivity contribution < 1.29 is 19.4 Å².